The Kier molecular flexibility index (Phi) is 6.26. The molecule has 1 N–H and O–H groups in total. The van der Waals surface area contributed by atoms with Crippen molar-refractivity contribution in [2.24, 2.45) is 0 Å². The molecule has 138 valence electrons. The summed E-state index contributed by atoms with van der Waals surface area (Å²) in [5.41, 5.74) is 1.41. The first-order valence-corrected chi connectivity index (χ1v) is 9.54. The van der Waals surface area contributed by atoms with Gasteiger partial charge in [-0.25, -0.2) is 4.98 Å². The van der Waals surface area contributed by atoms with Crippen LogP contribution in [0.2, 0.25) is 10.0 Å². The minimum Gasteiger partial charge on any atom is -0.349 e. The molecule has 2 aromatic carbocycles. The van der Waals surface area contributed by atoms with Crippen LogP contribution < -0.4 is 5.32 Å². The van der Waals surface area contributed by atoms with Gasteiger partial charge < -0.3 is 9.88 Å². The van der Waals surface area contributed by atoms with E-state index in [-0.39, 0.29) is 5.78 Å². The van der Waals surface area contributed by atoms with Gasteiger partial charge in [0.15, 0.2) is 5.78 Å². The number of aryl methyl sites for hydroxylation is 1. The van der Waals surface area contributed by atoms with Crippen LogP contribution in [0.3, 0.4) is 0 Å². The van der Waals surface area contributed by atoms with Gasteiger partial charge in [0.25, 0.3) is 0 Å². The number of imidazole rings is 1. The summed E-state index contributed by atoms with van der Waals surface area (Å²) in [5, 5.41) is 4.00. The maximum absolute atomic E-state index is 13.0. The Morgan fingerprint density at radius 2 is 1.96 bits per heavy atom. The lowest BCUT2D eigenvalue weighted by Crippen LogP contribution is -2.17. The fraction of sp³-hybridized carbons (Fsp3) is 0.150. The predicted molar refractivity (Wildman–Crippen MR) is 114 cm³/mol. The molecule has 7 heteroatoms. The number of halogens is 2. The molecule has 0 saturated heterocycles. The van der Waals surface area contributed by atoms with Crippen LogP contribution in [0.4, 0.5) is 5.69 Å². The normalized spacial score (nSPS) is 10.6. The van der Waals surface area contributed by atoms with Gasteiger partial charge in [-0.15, -0.1) is 0 Å². The van der Waals surface area contributed by atoms with Crippen molar-refractivity contribution in [1.29, 1.82) is 0 Å². The first kappa shape index (κ1) is 19.5. The molecule has 0 radical (unpaired) electrons. The van der Waals surface area contributed by atoms with E-state index in [9.17, 15) is 4.79 Å². The minimum absolute atomic E-state index is 0.219. The van der Waals surface area contributed by atoms with Crippen LogP contribution in [0.25, 0.3) is 0 Å². The number of carbonyl (C=O) groups excluding carboxylic acids is 1. The van der Waals surface area contributed by atoms with Crippen LogP contribution in [0.15, 0.2) is 54.9 Å². The zero-order valence-electron chi connectivity index (χ0n) is 14.6. The summed E-state index contributed by atoms with van der Waals surface area (Å²) in [4.78, 5) is 17.9. The van der Waals surface area contributed by atoms with Crippen molar-refractivity contribution in [2.75, 3.05) is 5.32 Å². The van der Waals surface area contributed by atoms with Crippen LogP contribution in [-0.4, -0.2) is 20.3 Å². The third-order valence-corrected chi connectivity index (χ3v) is 4.89. The Hall–Kier alpha value is -2.21. The van der Waals surface area contributed by atoms with Crippen LogP contribution in [-0.2, 0) is 13.0 Å². The summed E-state index contributed by atoms with van der Waals surface area (Å²) in [5.74, 6) is 0.645. The maximum atomic E-state index is 13.0. The standard InChI is InChI=1S/C20H17Cl2N3OS/c1-2-25-10-9-23-18(25)12-19(27)24-17-8-7-13(21)11-15(17)20(26)14-5-3-4-6-16(14)22/h3-11H,2,12H2,1H3,(H,24,27). The number of hydrogen-bond donors (Lipinski definition) is 1. The minimum atomic E-state index is -0.219. The Bertz CT molecular complexity index is 1000. The van der Waals surface area contributed by atoms with Crippen LogP contribution in [0.1, 0.15) is 28.7 Å². The van der Waals surface area contributed by atoms with E-state index in [1.54, 1.807) is 48.7 Å². The van der Waals surface area contributed by atoms with Gasteiger partial charge in [0, 0.05) is 35.1 Å². The third-order valence-electron chi connectivity index (χ3n) is 4.08. The predicted octanol–water partition coefficient (Wildman–Crippen LogP) is 5.42. The fourth-order valence-corrected chi connectivity index (χ4v) is 3.37. The van der Waals surface area contributed by atoms with E-state index in [4.69, 9.17) is 35.4 Å². The van der Waals surface area contributed by atoms with Crippen molar-refractivity contribution in [2.45, 2.75) is 19.9 Å². The quantitative estimate of drug-likeness (QED) is 0.429. The number of nitrogens with zero attached hydrogens (tertiary/aromatic N) is 2. The number of ketones is 1. The van der Waals surface area contributed by atoms with Crippen LogP contribution in [0, 0.1) is 0 Å². The summed E-state index contributed by atoms with van der Waals surface area (Å²) in [6.07, 6.45) is 4.13. The molecule has 0 aliphatic rings. The van der Waals surface area contributed by atoms with Gasteiger partial charge in [0.05, 0.1) is 22.1 Å². The number of anilines is 1. The molecule has 0 bridgehead atoms. The summed E-state index contributed by atoms with van der Waals surface area (Å²) >= 11 is 17.8. The molecular formula is C20H17Cl2N3OS. The van der Waals surface area contributed by atoms with Crippen LogP contribution in [0.5, 0.6) is 0 Å². The lowest BCUT2D eigenvalue weighted by Gasteiger charge is -2.14. The van der Waals surface area contributed by atoms with Crippen LogP contribution >= 0.6 is 35.4 Å². The molecule has 0 fully saturated rings. The smallest absolute Gasteiger partial charge is 0.196 e. The first-order valence-electron chi connectivity index (χ1n) is 8.38. The van der Waals surface area contributed by atoms with Gasteiger partial charge in [-0.2, -0.15) is 0 Å². The van der Waals surface area contributed by atoms with E-state index in [2.05, 4.69) is 10.3 Å². The second-order valence-electron chi connectivity index (χ2n) is 5.85. The van der Waals surface area contributed by atoms with E-state index in [0.717, 1.165) is 12.4 Å². The largest absolute Gasteiger partial charge is 0.349 e. The van der Waals surface area contributed by atoms with Gasteiger partial charge in [-0.05, 0) is 37.3 Å². The molecule has 1 heterocycles. The molecule has 0 unspecified atom stereocenters. The highest BCUT2D eigenvalue weighted by Gasteiger charge is 2.18. The molecule has 27 heavy (non-hydrogen) atoms. The number of aromatic nitrogens is 2. The van der Waals surface area contributed by atoms with Crippen molar-refractivity contribution < 1.29 is 4.79 Å². The Labute approximate surface area is 173 Å². The third kappa shape index (κ3) is 4.56. The van der Waals surface area contributed by atoms with E-state index >= 15 is 0 Å². The van der Waals surface area contributed by atoms with Crippen molar-refractivity contribution in [3.8, 4) is 0 Å². The molecule has 0 aliphatic carbocycles. The highest BCUT2D eigenvalue weighted by Crippen LogP contribution is 2.26. The van der Waals surface area contributed by atoms with Gasteiger partial charge in [-0.3, -0.25) is 4.79 Å². The Morgan fingerprint density at radius 3 is 2.70 bits per heavy atom. The van der Waals surface area contributed by atoms with E-state index < -0.39 is 0 Å². The molecular weight excluding hydrogens is 401 g/mol. The average Bonchev–Trinajstić information content (AvgIpc) is 3.10. The molecule has 0 amide bonds. The highest BCUT2D eigenvalue weighted by molar-refractivity contribution is 7.80. The summed E-state index contributed by atoms with van der Waals surface area (Å²) in [7, 11) is 0. The molecule has 0 aliphatic heterocycles. The molecule has 0 atom stereocenters. The molecule has 3 rings (SSSR count). The lowest BCUT2D eigenvalue weighted by atomic mass is 10.0. The Balaban J connectivity index is 1.87. The summed E-state index contributed by atoms with van der Waals surface area (Å²) < 4.78 is 2.02. The number of nitrogens with one attached hydrogen (secondary N) is 1. The van der Waals surface area contributed by atoms with Gasteiger partial charge in [-0.1, -0.05) is 47.6 Å². The number of benzene rings is 2. The van der Waals surface area contributed by atoms with Crippen molar-refractivity contribution in [3.63, 3.8) is 0 Å². The summed E-state index contributed by atoms with van der Waals surface area (Å²) in [6.45, 7) is 2.86. The highest BCUT2D eigenvalue weighted by atomic mass is 35.5. The van der Waals surface area contributed by atoms with Crippen molar-refractivity contribution >= 4 is 51.9 Å². The second kappa shape index (κ2) is 8.65. The average molecular weight is 418 g/mol. The molecule has 0 spiro atoms. The van der Waals surface area contributed by atoms with Crippen molar-refractivity contribution in [1.82, 2.24) is 9.55 Å². The van der Waals surface area contributed by atoms with Gasteiger partial charge in [0.2, 0.25) is 0 Å². The van der Waals surface area contributed by atoms with Gasteiger partial charge >= 0.3 is 0 Å². The fourth-order valence-electron chi connectivity index (χ4n) is 2.74. The monoisotopic (exact) mass is 417 g/mol. The SMILES string of the molecule is CCn1ccnc1CC(=S)Nc1ccc(Cl)cc1C(=O)c1ccccc1Cl. The number of thiocarbonyl (C=S) groups is 1. The summed E-state index contributed by atoms with van der Waals surface area (Å²) in [6, 6.07) is 12.0. The van der Waals surface area contributed by atoms with Crippen molar-refractivity contribution in [3.05, 3.63) is 81.9 Å². The maximum Gasteiger partial charge on any atom is 0.196 e. The molecule has 1 aromatic heterocycles. The van der Waals surface area contributed by atoms with Gasteiger partial charge in [0.1, 0.15) is 5.82 Å². The number of hydrogen-bond acceptors (Lipinski definition) is 3. The topological polar surface area (TPSA) is 46.9 Å². The van der Waals surface area contributed by atoms with E-state index in [0.29, 0.717) is 38.3 Å². The molecule has 4 nitrogen and oxygen atoms in total. The zero-order chi connectivity index (χ0) is 19.4. The lowest BCUT2D eigenvalue weighted by molar-refractivity contribution is 0.103. The Morgan fingerprint density at radius 1 is 1.19 bits per heavy atom. The number of carbonyl (C=O) groups is 1. The number of rotatable bonds is 6. The van der Waals surface area contributed by atoms with E-state index in [1.807, 2.05) is 17.7 Å². The van der Waals surface area contributed by atoms with E-state index in [1.165, 1.54) is 0 Å². The second-order valence-corrected chi connectivity index (χ2v) is 7.19. The molecule has 0 saturated carbocycles. The zero-order valence-corrected chi connectivity index (χ0v) is 16.9. The first-order chi connectivity index (χ1) is 13.0. The molecule has 3 aromatic rings.